The first kappa shape index (κ1) is 14.8. The zero-order valence-corrected chi connectivity index (χ0v) is 11.9. The second-order valence-electron chi connectivity index (χ2n) is 4.67. The highest BCUT2D eigenvalue weighted by Crippen LogP contribution is 2.13. The van der Waals surface area contributed by atoms with Crippen molar-refractivity contribution in [2.24, 2.45) is 0 Å². The molecule has 1 N–H and O–H groups in total. The van der Waals surface area contributed by atoms with Crippen LogP contribution in [0.15, 0.2) is 48.8 Å². The van der Waals surface area contributed by atoms with Crippen LogP contribution >= 0.6 is 0 Å². The lowest BCUT2D eigenvalue weighted by molar-refractivity contribution is -0.137. The molecule has 1 amide bonds. The summed E-state index contributed by atoms with van der Waals surface area (Å²) in [7, 11) is 0. The maximum Gasteiger partial charge on any atom is 0.305 e. The molecule has 5 nitrogen and oxygen atoms in total. The van der Waals surface area contributed by atoms with Crippen molar-refractivity contribution in [1.29, 1.82) is 0 Å². The first-order chi connectivity index (χ1) is 10.1. The van der Waals surface area contributed by atoms with E-state index in [-0.39, 0.29) is 18.9 Å². The average Bonchev–Trinajstić information content (AvgIpc) is 3.02. The Morgan fingerprint density at radius 3 is 2.52 bits per heavy atom. The summed E-state index contributed by atoms with van der Waals surface area (Å²) < 4.78 is 1.92. The smallest absolute Gasteiger partial charge is 0.305 e. The lowest BCUT2D eigenvalue weighted by Crippen LogP contribution is -2.32. The quantitative estimate of drug-likeness (QED) is 0.887. The summed E-state index contributed by atoms with van der Waals surface area (Å²) in [6.45, 7) is 2.55. The summed E-state index contributed by atoms with van der Waals surface area (Å²) in [6.07, 6.45) is 3.77. The van der Waals surface area contributed by atoms with Crippen molar-refractivity contribution in [3.63, 3.8) is 0 Å². The first-order valence-corrected chi connectivity index (χ1v) is 6.86. The molecule has 0 fully saturated rings. The molecular weight excluding hydrogens is 268 g/mol. The van der Waals surface area contributed by atoms with Crippen LogP contribution in [0, 0.1) is 0 Å². The molecule has 0 radical (unpaired) electrons. The zero-order valence-electron chi connectivity index (χ0n) is 11.9. The van der Waals surface area contributed by atoms with E-state index in [0.717, 1.165) is 5.69 Å². The number of hydrogen-bond acceptors (Lipinski definition) is 2. The van der Waals surface area contributed by atoms with Gasteiger partial charge >= 0.3 is 5.97 Å². The molecule has 110 valence electrons. The van der Waals surface area contributed by atoms with Gasteiger partial charge in [-0.15, -0.1) is 0 Å². The Morgan fingerprint density at radius 1 is 1.19 bits per heavy atom. The van der Waals surface area contributed by atoms with Gasteiger partial charge in [0.25, 0.3) is 5.91 Å². The Morgan fingerprint density at radius 2 is 1.90 bits per heavy atom. The van der Waals surface area contributed by atoms with Crippen molar-refractivity contribution in [2.75, 3.05) is 13.1 Å². The highest BCUT2D eigenvalue weighted by molar-refractivity contribution is 5.95. The number of amides is 1. The molecule has 2 aromatic rings. The van der Waals surface area contributed by atoms with E-state index in [9.17, 15) is 9.59 Å². The second-order valence-corrected chi connectivity index (χ2v) is 4.67. The highest BCUT2D eigenvalue weighted by Gasteiger charge is 2.15. The number of rotatable bonds is 6. The lowest BCUT2D eigenvalue weighted by atomic mass is 10.1. The molecule has 0 aliphatic rings. The second kappa shape index (κ2) is 6.74. The molecule has 0 unspecified atom stereocenters. The molecule has 0 saturated heterocycles. The number of carboxylic acid groups (broad SMARTS) is 1. The van der Waals surface area contributed by atoms with Gasteiger partial charge < -0.3 is 14.6 Å². The predicted molar refractivity (Wildman–Crippen MR) is 79.6 cm³/mol. The molecule has 0 bridgehead atoms. The molecule has 5 heteroatoms. The zero-order chi connectivity index (χ0) is 15.2. The van der Waals surface area contributed by atoms with Crippen molar-refractivity contribution in [2.45, 2.75) is 13.3 Å². The van der Waals surface area contributed by atoms with Crippen molar-refractivity contribution < 1.29 is 14.7 Å². The summed E-state index contributed by atoms with van der Waals surface area (Å²) in [6, 6.07) is 11.1. The molecule has 0 saturated carbocycles. The van der Waals surface area contributed by atoms with Crippen molar-refractivity contribution in [1.82, 2.24) is 9.47 Å². The third kappa shape index (κ3) is 3.72. The fraction of sp³-hybridized carbons (Fsp3) is 0.250. The minimum atomic E-state index is -0.901. The third-order valence-corrected chi connectivity index (χ3v) is 3.26. The molecule has 2 rings (SSSR count). The predicted octanol–water partition coefficient (Wildman–Crippen LogP) is 2.41. The minimum Gasteiger partial charge on any atom is -0.481 e. The van der Waals surface area contributed by atoms with E-state index in [1.165, 1.54) is 0 Å². The Kier molecular flexibility index (Phi) is 4.77. The van der Waals surface area contributed by atoms with E-state index in [1.807, 2.05) is 54.2 Å². The Bertz CT molecular complexity index is 620. The molecule has 0 atom stereocenters. The SMILES string of the molecule is CCN(CCC(=O)O)C(=O)c1cccc(-n2cccc2)c1. The lowest BCUT2D eigenvalue weighted by Gasteiger charge is -2.20. The average molecular weight is 286 g/mol. The van der Waals surface area contributed by atoms with Gasteiger partial charge in [-0.2, -0.15) is 0 Å². The summed E-state index contributed by atoms with van der Waals surface area (Å²) in [5.41, 5.74) is 1.47. The van der Waals surface area contributed by atoms with Gasteiger partial charge in [0.1, 0.15) is 0 Å². The number of carbonyl (C=O) groups excluding carboxylic acids is 1. The first-order valence-electron chi connectivity index (χ1n) is 6.86. The molecule has 0 spiro atoms. The van der Waals surface area contributed by atoms with E-state index in [2.05, 4.69) is 0 Å². The topological polar surface area (TPSA) is 62.5 Å². The Balaban J connectivity index is 2.18. The molecule has 1 aromatic carbocycles. The van der Waals surface area contributed by atoms with Gasteiger partial charge in [-0.05, 0) is 37.3 Å². The van der Waals surface area contributed by atoms with Crippen LogP contribution in [0.5, 0.6) is 0 Å². The standard InChI is InChI=1S/C16H18N2O3/c1-2-17(11-8-15(19)20)16(21)13-6-5-7-14(12-13)18-9-3-4-10-18/h3-7,9-10,12H,2,8,11H2,1H3,(H,19,20). The molecule has 1 heterocycles. The van der Waals surface area contributed by atoms with Crippen LogP contribution in [0.25, 0.3) is 5.69 Å². The van der Waals surface area contributed by atoms with Crippen molar-refractivity contribution in [3.05, 3.63) is 54.4 Å². The normalized spacial score (nSPS) is 10.3. The van der Waals surface area contributed by atoms with E-state index >= 15 is 0 Å². The van der Waals surface area contributed by atoms with Gasteiger partial charge in [0.15, 0.2) is 0 Å². The van der Waals surface area contributed by atoms with Crippen molar-refractivity contribution in [3.8, 4) is 5.69 Å². The fourth-order valence-electron chi connectivity index (χ4n) is 2.12. The molecule has 0 aliphatic heterocycles. The Labute approximate surface area is 123 Å². The van der Waals surface area contributed by atoms with E-state index in [4.69, 9.17) is 5.11 Å². The summed E-state index contributed by atoms with van der Waals surface area (Å²) >= 11 is 0. The van der Waals surface area contributed by atoms with Gasteiger partial charge in [-0.25, -0.2) is 0 Å². The number of hydrogen-bond donors (Lipinski definition) is 1. The van der Waals surface area contributed by atoms with Gasteiger partial charge in [-0.3, -0.25) is 9.59 Å². The van der Waals surface area contributed by atoms with Gasteiger partial charge in [0, 0.05) is 36.7 Å². The largest absolute Gasteiger partial charge is 0.481 e. The monoisotopic (exact) mass is 286 g/mol. The van der Waals surface area contributed by atoms with Gasteiger partial charge in [0.2, 0.25) is 0 Å². The number of nitrogens with zero attached hydrogens (tertiary/aromatic N) is 2. The number of carbonyl (C=O) groups is 2. The van der Waals surface area contributed by atoms with E-state index in [1.54, 1.807) is 11.0 Å². The maximum atomic E-state index is 12.4. The van der Waals surface area contributed by atoms with Crippen LogP contribution in [-0.4, -0.2) is 39.5 Å². The van der Waals surface area contributed by atoms with Crippen LogP contribution in [0.3, 0.4) is 0 Å². The van der Waals surface area contributed by atoms with Crippen LogP contribution < -0.4 is 0 Å². The molecule has 0 aliphatic carbocycles. The number of aliphatic carboxylic acids is 1. The van der Waals surface area contributed by atoms with Crippen LogP contribution in [0.2, 0.25) is 0 Å². The minimum absolute atomic E-state index is 0.0448. The number of benzene rings is 1. The number of aromatic nitrogens is 1. The van der Waals surface area contributed by atoms with Crippen LogP contribution in [0.1, 0.15) is 23.7 Å². The third-order valence-electron chi connectivity index (χ3n) is 3.26. The van der Waals surface area contributed by atoms with E-state index in [0.29, 0.717) is 12.1 Å². The Hall–Kier alpha value is -2.56. The highest BCUT2D eigenvalue weighted by atomic mass is 16.4. The van der Waals surface area contributed by atoms with Crippen molar-refractivity contribution >= 4 is 11.9 Å². The molecular formula is C16H18N2O3. The summed E-state index contributed by atoms with van der Waals surface area (Å²) in [4.78, 5) is 24.6. The van der Waals surface area contributed by atoms with Gasteiger partial charge in [0.05, 0.1) is 6.42 Å². The number of carboxylic acids is 1. The van der Waals surface area contributed by atoms with Crippen LogP contribution in [-0.2, 0) is 4.79 Å². The van der Waals surface area contributed by atoms with E-state index < -0.39 is 5.97 Å². The fourth-order valence-corrected chi connectivity index (χ4v) is 2.12. The maximum absolute atomic E-state index is 12.4. The molecule has 21 heavy (non-hydrogen) atoms. The summed E-state index contributed by atoms with van der Waals surface area (Å²) in [5.74, 6) is -1.05. The van der Waals surface area contributed by atoms with Crippen LogP contribution in [0.4, 0.5) is 0 Å². The summed E-state index contributed by atoms with van der Waals surface area (Å²) in [5, 5.41) is 8.74. The van der Waals surface area contributed by atoms with Gasteiger partial charge in [-0.1, -0.05) is 6.07 Å². The molecule has 1 aromatic heterocycles.